The summed E-state index contributed by atoms with van der Waals surface area (Å²) >= 11 is 0. The van der Waals surface area contributed by atoms with Gasteiger partial charge in [0.05, 0.1) is 13.0 Å². The van der Waals surface area contributed by atoms with Crippen molar-refractivity contribution in [2.24, 2.45) is 11.3 Å². The Morgan fingerprint density at radius 1 is 1.45 bits per heavy atom. The second kappa shape index (κ2) is 6.26. The van der Waals surface area contributed by atoms with Gasteiger partial charge in [0.2, 0.25) is 0 Å². The lowest BCUT2D eigenvalue weighted by Gasteiger charge is -2.36. The molecule has 2 aliphatic rings. The Hall–Kier alpha value is -1.59. The molecule has 2 saturated heterocycles. The first kappa shape index (κ1) is 15.3. The number of benzene rings is 1. The summed E-state index contributed by atoms with van der Waals surface area (Å²) in [5.74, 6) is -0.121. The van der Waals surface area contributed by atoms with Crippen molar-refractivity contribution in [1.29, 1.82) is 0 Å². The van der Waals surface area contributed by atoms with Crippen LogP contribution in [0, 0.1) is 11.3 Å². The standard InChI is InChI=1S/C17H23NO4/c1-21-14-4-2-3-13(9-14)10-18-11-15(16(19)20)17(12-18)5-7-22-8-6-17/h2-4,9,15H,5-8,10-12H2,1H3,(H,19,20). The number of carboxylic acid groups (broad SMARTS) is 1. The SMILES string of the molecule is COc1cccc(CN2CC(C(=O)O)C3(CCOCC3)C2)c1. The van der Waals surface area contributed by atoms with Gasteiger partial charge in [0.1, 0.15) is 5.75 Å². The average molecular weight is 305 g/mol. The number of carboxylic acids is 1. The highest BCUT2D eigenvalue weighted by Gasteiger charge is 2.50. The van der Waals surface area contributed by atoms with Gasteiger partial charge in [-0.15, -0.1) is 0 Å². The fourth-order valence-corrected chi connectivity index (χ4v) is 3.85. The first-order chi connectivity index (χ1) is 10.6. The number of ether oxygens (including phenoxy) is 2. The van der Waals surface area contributed by atoms with Crippen molar-refractivity contribution < 1.29 is 19.4 Å². The van der Waals surface area contributed by atoms with E-state index >= 15 is 0 Å². The molecule has 5 nitrogen and oxygen atoms in total. The van der Waals surface area contributed by atoms with Gasteiger partial charge >= 0.3 is 5.97 Å². The molecule has 2 aliphatic heterocycles. The van der Waals surface area contributed by atoms with Crippen LogP contribution < -0.4 is 4.74 Å². The number of methoxy groups -OCH3 is 1. The fourth-order valence-electron chi connectivity index (χ4n) is 3.85. The quantitative estimate of drug-likeness (QED) is 0.922. The van der Waals surface area contributed by atoms with Crippen molar-refractivity contribution in [1.82, 2.24) is 4.90 Å². The highest BCUT2D eigenvalue weighted by atomic mass is 16.5. The van der Waals surface area contributed by atoms with Crippen LogP contribution in [-0.2, 0) is 16.1 Å². The van der Waals surface area contributed by atoms with Gasteiger partial charge < -0.3 is 14.6 Å². The van der Waals surface area contributed by atoms with Crippen LogP contribution in [0.3, 0.4) is 0 Å². The van der Waals surface area contributed by atoms with E-state index in [2.05, 4.69) is 11.0 Å². The van der Waals surface area contributed by atoms with E-state index in [1.165, 1.54) is 0 Å². The number of hydrogen-bond acceptors (Lipinski definition) is 4. The van der Waals surface area contributed by atoms with Crippen molar-refractivity contribution in [3.63, 3.8) is 0 Å². The fraction of sp³-hybridized carbons (Fsp3) is 0.588. The summed E-state index contributed by atoms with van der Waals surface area (Å²) in [5, 5.41) is 9.61. The molecule has 1 spiro atoms. The molecule has 0 saturated carbocycles. The maximum atomic E-state index is 11.7. The van der Waals surface area contributed by atoms with E-state index in [0.717, 1.165) is 37.2 Å². The summed E-state index contributed by atoms with van der Waals surface area (Å²) in [5.41, 5.74) is 1.04. The molecule has 3 rings (SSSR count). The summed E-state index contributed by atoms with van der Waals surface area (Å²) < 4.78 is 10.7. The topological polar surface area (TPSA) is 59.0 Å². The first-order valence-corrected chi connectivity index (χ1v) is 7.79. The van der Waals surface area contributed by atoms with E-state index in [9.17, 15) is 9.90 Å². The van der Waals surface area contributed by atoms with Crippen molar-refractivity contribution in [2.75, 3.05) is 33.4 Å². The molecule has 0 bridgehead atoms. The minimum absolute atomic E-state index is 0.122. The van der Waals surface area contributed by atoms with E-state index in [1.54, 1.807) is 7.11 Å². The smallest absolute Gasteiger partial charge is 0.308 e. The molecule has 5 heteroatoms. The maximum absolute atomic E-state index is 11.7. The van der Waals surface area contributed by atoms with Crippen LogP contribution in [0.4, 0.5) is 0 Å². The first-order valence-electron chi connectivity index (χ1n) is 7.79. The zero-order valence-corrected chi connectivity index (χ0v) is 13.0. The number of likely N-dealkylation sites (tertiary alicyclic amines) is 1. The number of hydrogen-bond donors (Lipinski definition) is 1. The molecule has 1 N–H and O–H groups in total. The monoisotopic (exact) mass is 305 g/mol. The lowest BCUT2D eigenvalue weighted by atomic mass is 9.72. The van der Waals surface area contributed by atoms with Crippen LogP contribution >= 0.6 is 0 Å². The van der Waals surface area contributed by atoms with Gasteiger partial charge in [-0.1, -0.05) is 12.1 Å². The average Bonchev–Trinajstić information content (AvgIpc) is 2.86. The van der Waals surface area contributed by atoms with E-state index in [0.29, 0.717) is 19.8 Å². The normalized spacial score (nSPS) is 24.5. The maximum Gasteiger partial charge on any atom is 0.308 e. The molecule has 0 radical (unpaired) electrons. The number of rotatable bonds is 4. The van der Waals surface area contributed by atoms with Gasteiger partial charge in [-0.3, -0.25) is 9.69 Å². The van der Waals surface area contributed by atoms with E-state index in [-0.39, 0.29) is 11.3 Å². The molecule has 1 aromatic carbocycles. The Balaban J connectivity index is 1.74. The minimum Gasteiger partial charge on any atom is -0.497 e. The van der Waals surface area contributed by atoms with Gasteiger partial charge in [0.15, 0.2) is 0 Å². The highest BCUT2D eigenvalue weighted by molar-refractivity contribution is 5.72. The predicted octanol–water partition coefficient (Wildman–Crippen LogP) is 2.01. The summed E-state index contributed by atoms with van der Waals surface area (Å²) in [6.07, 6.45) is 1.69. The largest absolute Gasteiger partial charge is 0.497 e. The van der Waals surface area contributed by atoms with E-state index < -0.39 is 5.97 Å². The summed E-state index contributed by atoms with van der Waals surface area (Å²) in [6, 6.07) is 7.98. The molecule has 2 fully saturated rings. The second-order valence-corrected chi connectivity index (χ2v) is 6.39. The van der Waals surface area contributed by atoms with Crippen molar-refractivity contribution in [2.45, 2.75) is 19.4 Å². The lowest BCUT2D eigenvalue weighted by Crippen LogP contribution is -2.40. The van der Waals surface area contributed by atoms with Crippen LogP contribution in [0.5, 0.6) is 5.75 Å². The van der Waals surface area contributed by atoms with Crippen LogP contribution in [0.15, 0.2) is 24.3 Å². The van der Waals surface area contributed by atoms with E-state index in [1.807, 2.05) is 18.2 Å². The number of carbonyl (C=O) groups is 1. The van der Waals surface area contributed by atoms with E-state index in [4.69, 9.17) is 9.47 Å². The predicted molar refractivity (Wildman–Crippen MR) is 81.9 cm³/mol. The van der Waals surface area contributed by atoms with Crippen molar-refractivity contribution >= 4 is 5.97 Å². The third-order valence-electron chi connectivity index (χ3n) is 5.05. The summed E-state index contributed by atoms with van der Waals surface area (Å²) in [4.78, 5) is 13.9. The Morgan fingerprint density at radius 3 is 2.91 bits per heavy atom. The Labute approximate surface area is 130 Å². The molecule has 22 heavy (non-hydrogen) atoms. The molecule has 2 heterocycles. The molecule has 0 aliphatic carbocycles. The Morgan fingerprint density at radius 2 is 2.23 bits per heavy atom. The molecular formula is C17H23NO4. The highest BCUT2D eigenvalue weighted by Crippen LogP contribution is 2.44. The summed E-state index contributed by atoms with van der Waals surface area (Å²) in [7, 11) is 1.66. The third-order valence-corrected chi connectivity index (χ3v) is 5.05. The van der Waals surface area contributed by atoms with Crippen LogP contribution in [-0.4, -0.2) is 49.4 Å². The van der Waals surface area contributed by atoms with Gasteiger partial charge in [-0.05, 0) is 30.5 Å². The van der Waals surface area contributed by atoms with Crippen molar-refractivity contribution in [3.8, 4) is 5.75 Å². The summed E-state index contributed by atoms with van der Waals surface area (Å²) in [6.45, 7) is 3.58. The van der Waals surface area contributed by atoms with Gasteiger partial charge in [-0.25, -0.2) is 0 Å². The molecule has 1 unspecified atom stereocenters. The molecule has 1 atom stereocenters. The van der Waals surface area contributed by atoms with Crippen molar-refractivity contribution in [3.05, 3.63) is 29.8 Å². The second-order valence-electron chi connectivity index (χ2n) is 6.39. The van der Waals surface area contributed by atoms with Crippen LogP contribution in [0.1, 0.15) is 18.4 Å². The Kier molecular flexibility index (Phi) is 4.36. The minimum atomic E-state index is -0.671. The molecule has 0 amide bonds. The zero-order chi connectivity index (χ0) is 15.6. The Bertz CT molecular complexity index is 539. The molecule has 0 aromatic heterocycles. The number of aliphatic carboxylic acids is 1. The van der Waals surface area contributed by atoms with Crippen LogP contribution in [0.25, 0.3) is 0 Å². The number of nitrogens with zero attached hydrogens (tertiary/aromatic N) is 1. The third kappa shape index (κ3) is 2.96. The van der Waals surface area contributed by atoms with Crippen LogP contribution in [0.2, 0.25) is 0 Å². The lowest BCUT2D eigenvalue weighted by molar-refractivity contribution is -0.146. The molecule has 1 aromatic rings. The zero-order valence-electron chi connectivity index (χ0n) is 13.0. The van der Waals surface area contributed by atoms with Gasteiger partial charge in [-0.2, -0.15) is 0 Å². The molecule has 120 valence electrons. The molecular weight excluding hydrogens is 282 g/mol. The van der Waals surface area contributed by atoms with Gasteiger partial charge in [0, 0.05) is 38.3 Å². The van der Waals surface area contributed by atoms with Gasteiger partial charge in [0.25, 0.3) is 0 Å².